The topological polar surface area (TPSA) is 159 Å². The zero-order chi connectivity index (χ0) is 27.6. The molecule has 1 aliphatic heterocycles. The van der Waals surface area contributed by atoms with Crippen LogP contribution in [-0.2, 0) is 26.5 Å². The van der Waals surface area contributed by atoms with E-state index in [4.69, 9.17) is 10.5 Å². The molecule has 2 aromatic heterocycles. The molecule has 1 saturated heterocycles. The van der Waals surface area contributed by atoms with Crippen molar-refractivity contribution in [3.8, 4) is 17.3 Å². The number of aromatic nitrogens is 3. The molecule has 2 amide bonds. The van der Waals surface area contributed by atoms with E-state index < -0.39 is 0 Å². The minimum atomic E-state index is -0.168. The molecule has 39 heavy (non-hydrogen) atoms. The summed E-state index contributed by atoms with van der Waals surface area (Å²) in [6, 6.07) is 9.11. The Morgan fingerprint density at radius 1 is 1.21 bits per heavy atom. The van der Waals surface area contributed by atoms with Crippen LogP contribution in [0.1, 0.15) is 29.6 Å². The molecule has 0 radical (unpaired) electrons. The van der Waals surface area contributed by atoms with Crippen LogP contribution in [0, 0.1) is 11.3 Å². The number of morpholine rings is 1. The van der Waals surface area contributed by atoms with Crippen LogP contribution in [0.2, 0.25) is 0 Å². The maximum atomic E-state index is 12.2. The van der Waals surface area contributed by atoms with Gasteiger partial charge in [-0.25, -0.2) is 15.0 Å². The van der Waals surface area contributed by atoms with E-state index >= 15 is 0 Å². The third-order valence-electron chi connectivity index (χ3n) is 5.88. The Morgan fingerprint density at radius 3 is 2.69 bits per heavy atom. The molecular formula is C26H30N8O3S2. The number of thiazole rings is 1. The number of carbonyl (C=O) groups is 2. The molecule has 3 aromatic rings. The number of nitrogens with two attached hydrogens (primary N) is 1. The Bertz CT molecular complexity index is 1330. The second-order valence-electron chi connectivity index (χ2n) is 8.81. The van der Waals surface area contributed by atoms with Crippen molar-refractivity contribution in [2.75, 3.05) is 50.4 Å². The first-order chi connectivity index (χ1) is 18.9. The molecule has 0 spiro atoms. The van der Waals surface area contributed by atoms with Crippen molar-refractivity contribution in [2.45, 2.75) is 30.7 Å². The minimum absolute atomic E-state index is 0.0217. The summed E-state index contributed by atoms with van der Waals surface area (Å²) in [4.78, 5) is 39.3. The first-order valence-electron chi connectivity index (χ1n) is 12.5. The van der Waals surface area contributed by atoms with Gasteiger partial charge in [-0.05, 0) is 12.1 Å². The summed E-state index contributed by atoms with van der Waals surface area (Å²) in [5.41, 5.74) is 8.91. The van der Waals surface area contributed by atoms with E-state index in [1.807, 2.05) is 5.38 Å². The average molecular weight is 567 g/mol. The first kappa shape index (κ1) is 28.4. The maximum absolute atomic E-state index is 12.2. The van der Waals surface area contributed by atoms with Crippen molar-refractivity contribution in [1.29, 1.82) is 5.26 Å². The lowest BCUT2D eigenvalue weighted by atomic mass is 10.1. The van der Waals surface area contributed by atoms with Crippen LogP contribution in [-0.4, -0.2) is 71.1 Å². The van der Waals surface area contributed by atoms with E-state index in [0.717, 1.165) is 43.5 Å². The number of aryl methyl sites for hydroxylation is 1. The van der Waals surface area contributed by atoms with Crippen molar-refractivity contribution in [1.82, 2.24) is 25.2 Å². The lowest BCUT2D eigenvalue weighted by Crippen LogP contribution is -2.41. The fourth-order valence-corrected chi connectivity index (χ4v) is 5.56. The summed E-state index contributed by atoms with van der Waals surface area (Å²) in [5, 5.41) is 18.6. The molecule has 1 fully saturated rings. The molecule has 204 valence electrons. The van der Waals surface area contributed by atoms with Gasteiger partial charge in [-0.2, -0.15) is 5.26 Å². The number of anilines is 2. The second kappa shape index (κ2) is 14.0. The van der Waals surface area contributed by atoms with Crippen molar-refractivity contribution >= 4 is 46.4 Å². The molecule has 0 bridgehead atoms. The highest BCUT2D eigenvalue weighted by Crippen LogP contribution is 2.30. The van der Waals surface area contributed by atoms with E-state index in [0.29, 0.717) is 47.2 Å². The third-order valence-corrected chi connectivity index (χ3v) is 7.71. The average Bonchev–Trinajstić information content (AvgIpc) is 3.39. The summed E-state index contributed by atoms with van der Waals surface area (Å²) in [7, 11) is 0. The number of nitrogens with zero attached hydrogens (tertiary/aromatic N) is 5. The van der Waals surface area contributed by atoms with Crippen LogP contribution in [0.15, 0.2) is 34.8 Å². The smallest absolute Gasteiger partial charge is 0.221 e. The largest absolute Gasteiger partial charge is 0.382 e. The van der Waals surface area contributed by atoms with Gasteiger partial charge in [0.1, 0.15) is 17.5 Å². The molecule has 4 N–H and O–H groups in total. The number of hydrogen-bond acceptors (Lipinski definition) is 11. The molecule has 0 saturated carbocycles. The fraction of sp³-hybridized carbons (Fsp3) is 0.385. The lowest BCUT2D eigenvalue weighted by Gasteiger charge is -2.26. The van der Waals surface area contributed by atoms with Crippen molar-refractivity contribution in [3.05, 3.63) is 45.9 Å². The molecule has 0 unspecified atom stereocenters. The highest BCUT2D eigenvalue weighted by Gasteiger charge is 2.16. The number of ether oxygens (including phenoxy) is 1. The van der Waals surface area contributed by atoms with Gasteiger partial charge in [-0.15, -0.1) is 11.3 Å². The number of nitrogen functional groups attached to an aromatic ring is 1. The SMILES string of the molecule is CC(=O)Nc1ccc(-c2nc(SCc3csc(CCC(=O)NCCN4CCOCC4)n3)nc(N)c2C#N)cc1. The number of benzene rings is 1. The Morgan fingerprint density at radius 2 is 1.97 bits per heavy atom. The van der Waals surface area contributed by atoms with E-state index in [1.165, 1.54) is 30.0 Å². The second-order valence-corrected chi connectivity index (χ2v) is 10.7. The number of nitrogens with one attached hydrogen (secondary N) is 2. The minimum Gasteiger partial charge on any atom is -0.382 e. The Labute approximate surface area is 235 Å². The van der Waals surface area contributed by atoms with Gasteiger partial charge >= 0.3 is 0 Å². The molecule has 1 aliphatic rings. The van der Waals surface area contributed by atoms with Gasteiger partial charge in [0.2, 0.25) is 11.8 Å². The van der Waals surface area contributed by atoms with E-state index in [2.05, 4.69) is 36.6 Å². The zero-order valence-corrected chi connectivity index (χ0v) is 23.2. The number of nitriles is 1. The summed E-state index contributed by atoms with van der Waals surface area (Å²) in [6.07, 6.45) is 0.972. The highest BCUT2D eigenvalue weighted by atomic mass is 32.2. The van der Waals surface area contributed by atoms with Crippen molar-refractivity contribution < 1.29 is 14.3 Å². The number of carbonyl (C=O) groups excluding carboxylic acids is 2. The Hall–Kier alpha value is -3.57. The maximum Gasteiger partial charge on any atom is 0.221 e. The van der Waals surface area contributed by atoms with Gasteiger partial charge in [-0.1, -0.05) is 23.9 Å². The number of amides is 2. The summed E-state index contributed by atoms with van der Waals surface area (Å²) in [6.45, 7) is 6.22. The molecule has 11 nitrogen and oxygen atoms in total. The zero-order valence-electron chi connectivity index (χ0n) is 21.6. The Kier molecular flexibility index (Phi) is 10.2. The van der Waals surface area contributed by atoms with Gasteiger partial charge in [0.15, 0.2) is 5.16 Å². The van der Waals surface area contributed by atoms with Crippen LogP contribution in [0.3, 0.4) is 0 Å². The molecule has 0 aliphatic carbocycles. The summed E-state index contributed by atoms with van der Waals surface area (Å²) >= 11 is 2.90. The van der Waals surface area contributed by atoms with Crippen LogP contribution in [0.5, 0.6) is 0 Å². The number of rotatable bonds is 11. The number of thioether (sulfide) groups is 1. The third kappa shape index (κ3) is 8.46. The predicted octanol–water partition coefficient (Wildman–Crippen LogP) is 2.69. The van der Waals surface area contributed by atoms with Crippen molar-refractivity contribution in [2.24, 2.45) is 0 Å². The van der Waals surface area contributed by atoms with Gasteiger partial charge in [0, 0.05) is 68.3 Å². The lowest BCUT2D eigenvalue weighted by molar-refractivity contribution is -0.121. The highest BCUT2D eigenvalue weighted by molar-refractivity contribution is 7.98. The van der Waals surface area contributed by atoms with Crippen LogP contribution in [0.4, 0.5) is 11.5 Å². The standard InChI is InChI=1S/C26H30N8O3S2/c1-17(35)30-19-4-2-18(3-5-19)24-21(14-27)25(28)33-26(32-24)39-16-20-15-38-23(31-20)7-6-22(36)29-8-9-34-10-12-37-13-11-34/h2-5,15H,6-13,16H2,1H3,(H,29,36)(H,30,35)(H2,28,32,33). The first-order valence-corrected chi connectivity index (χ1v) is 14.4. The van der Waals surface area contributed by atoms with E-state index in [1.54, 1.807) is 24.3 Å². The fourth-order valence-electron chi connectivity index (χ4n) is 3.91. The molecule has 0 atom stereocenters. The summed E-state index contributed by atoms with van der Waals surface area (Å²) < 4.78 is 5.34. The van der Waals surface area contributed by atoms with Crippen LogP contribution < -0.4 is 16.4 Å². The van der Waals surface area contributed by atoms with Gasteiger partial charge < -0.3 is 21.1 Å². The van der Waals surface area contributed by atoms with Gasteiger partial charge in [-0.3, -0.25) is 14.5 Å². The molecular weight excluding hydrogens is 536 g/mol. The normalized spacial score (nSPS) is 13.5. The number of hydrogen-bond donors (Lipinski definition) is 3. The monoisotopic (exact) mass is 566 g/mol. The molecule has 4 rings (SSSR count). The molecule has 13 heteroatoms. The van der Waals surface area contributed by atoms with Crippen LogP contribution in [0.25, 0.3) is 11.3 Å². The quantitative estimate of drug-likeness (QED) is 0.233. The van der Waals surface area contributed by atoms with E-state index in [-0.39, 0.29) is 23.2 Å². The van der Waals surface area contributed by atoms with Crippen molar-refractivity contribution in [3.63, 3.8) is 0 Å². The molecule has 1 aromatic carbocycles. The molecule has 3 heterocycles. The van der Waals surface area contributed by atoms with Gasteiger partial charge in [0.25, 0.3) is 0 Å². The van der Waals surface area contributed by atoms with E-state index in [9.17, 15) is 14.9 Å². The van der Waals surface area contributed by atoms with Crippen LogP contribution >= 0.6 is 23.1 Å². The Balaban J connectivity index is 1.30. The predicted molar refractivity (Wildman–Crippen MR) is 151 cm³/mol. The van der Waals surface area contributed by atoms with Gasteiger partial charge in [0.05, 0.1) is 29.6 Å². The summed E-state index contributed by atoms with van der Waals surface area (Å²) in [5.74, 6) is 0.482.